The molecule has 4 saturated carbocycles. The smallest absolute Gasteiger partial charge is 0.0482 e. The molecule has 4 fully saturated rings. The van der Waals surface area contributed by atoms with Crippen molar-refractivity contribution in [3.63, 3.8) is 0 Å². The molecule has 1 aromatic heterocycles. The first-order chi connectivity index (χ1) is 9.29. The molecule has 0 aliphatic heterocycles. The van der Waals surface area contributed by atoms with Gasteiger partial charge in [0.2, 0.25) is 0 Å². The second kappa shape index (κ2) is 4.62. The van der Waals surface area contributed by atoms with Gasteiger partial charge in [-0.25, -0.2) is 0 Å². The van der Waals surface area contributed by atoms with Crippen LogP contribution in [0.3, 0.4) is 0 Å². The van der Waals surface area contributed by atoms with Crippen LogP contribution in [0.15, 0.2) is 5.93 Å². The number of aromatic nitrogens is 1. The fourth-order valence-corrected chi connectivity index (χ4v) is 7.05. The largest absolute Gasteiger partial charge is 0.257 e. The molecular formula is C17H26NP. The SMILES string of the molecule is CCCCc1nc[pH]c1C12CC3CC(CC(C3)C1)C2. The van der Waals surface area contributed by atoms with Crippen LogP contribution in [0.1, 0.15) is 69.3 Å². The molecule has 1 heterocycles. The van der Waals surface area contributed by atoms with E-state index in [4.69, 9.17) is 4.98 Å². The van der Waals surface area contributed by atoms with Crippen molar-refractivity contribution in [2.24, 2.45) is 17.8 Å². The Morgan fingerprint density at radius 1 is 1.16 bits per heavy atom. The third kappa shape index (κ3) is 2.00. The first kappa shape index (κ1) is 12.5. The van der Waals surface area contributed by atoms with E-state index < -0.39 is 0 Å². The maximum atomic E-state index is 4.78. The van der Waals surface area contributed by atoms with Crippen LogP contribution < -0.4 is 0 Å². The van der Waals surface area contributed by atoms with Crippen LogP contribution in [0.4, 0.5) is 0 Å². The zero-order valence-corrected chi connectivity index (χ0v) is 13.1. The van der Waals surface area contributed by atoms with Gasteiger partial charge >= 0.3 is 0 Å². The first-order valence-corrected chi connectivity index (χ1v) is 9.39. The van der Waals surface area contributed by atoms with E-state index in [2.05, 4.69) is 12.9 Å². The summed E-state index contributed by atoms with van der Waals surface area (Å²) < 4.78 is 0. The van der Waals surface area contributed by atoms with E-state index in [0.717, 1.165) is 25.9 Å². The van der Waals surface area contributed by atoms with Gasteiger partial charge in [-0.3, -0.25) is 4.98 Å². The van der Waals surface area contributed by atoms with E-state index in [-0.39, 0.29) is 0 Å². The molecule has 5 rings (SSSR count). The highest BCUT2D eigenvalue weighted by atomic mass is 31.0. The normalized spacial score (nSPS) is 40.4. The molecule has 0 amide bonds. The molecule has 19 heavy (non-hydrogen) atoms. The Morgan fingerprint density at radius 2 is 1.79 bits per heavy atom. The van der Waals surface area contributed by atoms with Gasteiger partial charge < -0.3 is 0 Å². The van der Waals surface area contributed by atoms with E-state index in [9.17, 15) is 0 Å². The molecule has 4 aliphatic rings. The van der Waals surface area contributed by atoms with Gasteiger partial charge in [0, 0.05) is 17.0 Å². The monoisotopic (exact) mass is 275 g/mol. The van der Waals surface area contributed by atoms with Gasteiger partial charge in [0.1, 0.15) is 0 Å². The highest BCUT2D eigenvalue weighted by Gasteiger charge is 2.52. The molecule has 1 nitrogen and oxygen atoms in total. The molecule has 104 valence electrons. The number of rotatable bonds is 4. The Kier molecular flexibility index (Phi) is 3.03. The second-order valence-electron chi connectivity index (χ2n) is 7.53. The average Bonchev–Trinajstić information content (AvgIpc) is 2.83. The molecular weight excluding hydrogens is 249 g/mol. The van der Waals surface area contributed by atoms with Gasteiger partial charge in [-0.2, -0.15) is 0 Å². The van der Waals surface area contributed by atoms with Crippen LogP contribution in [0.5, 0.6) is 0 Å². The van der Waals surface area contributed by atoms with Crippen molar-refractivity contribution >= 4 is 8.19 Å². The molecule has 0 N–H and O–H groups in total. The Balaban J connectivity index is 1.66. The number of nitrogens with zero attached hydrogens (tertiary/aromatic N) is 1. The fourth-order valence-electron chi connectivity index (χ4n) is 5.73. The molecule has 0 aromatic carbocycles. The fraction of sp³-hybridized carbons (Fsp3) is 0.824. The van der Waals surface area contributed by atoms with Crippen LogP contribution >= 0.6 is 8.19 Å². The van der Waals surface area contributed by atoms with Gasteiger partial charge in [0.05, 0.1) is 0 Å². The van der Waals surface area contributed by atoms with Crippen molar-refractivity contribution in [3.8, 4) is 0 Å². The highest BCUT2D eigenvalue weighted by Crippen LogP contribution is 2.62. The summed E-state index contributed by atoms with van der Waals surface area (Å²) in [7, 11) is 0.922. The van der Waals surface area contributed by atoms with E-state index >= 15 is 0 Å². The van der Waals surface area contributed by atoms with Gasteiger partial charge in [-0.05, 0) is 74.4 Å². The maximum Gasteiger partial charge on any atom is 0.0482 e. The lowest BCUT2D eigenvalue weighted by atomic mass is 9.49. The number of unbranched alkanes of at least 4 members (excludes halogenated alkanes) is 1. The van der Waals surface area contributed by atoms with Gasteiger partial charge in [0.25, 0.3) is 0 Å². The summed E-state index contributed by atoms with van der Waals surface area (Å²) in [6.07, 6.45) is 13.1. The maximum absolute atomic E-state index is 4.78. The van der Waals surface area contributed by atoms with Crippen molar-refractivity contribution in [2.45, 2.75) is 70.1 Å². The molecule has 0 saturated heterocycles. The minimum Gasteiger partial charge on any atom is -0.257 e. The van der Waals surface area contributed by atoms with E-state index in [1.807, 2.05) is 5.30 Å². The summed E-state index contributed by atoms with van der Waals surface area (Å²) in [6, 6.07) is 0. The lowest BCUT2D eigenvalue weighted by Crippen LogP contribution is -2.48. The minimum absolute atomic E-state index is 0.618. The predicted molar refractivity (Wildman–Crippen MR) is 82.2 cm³/mol. The topological polar surface area (TPSA) is 12.9 Å². The van der Waals surface area contributed by atoms with E-state index in [0.29, 0.717) is 5.41 Å². The predicted octanol–water partition coefficient (Wildman–Crippen LogP) is 4.92. The highest BCUT2D eigenvalue weighted by molar-refractivity contribution is 7.30. The van der Waals surface area contributed by atoms with Crippen molar-refractivity contribution in [2.75, 3.05) is 0 Å². The van der Waals surface area contributed by atoms with Crippen LogP contribution in [0.25, 0.3) is 0 Å². The molecule has 1 atom stereocenters. The number of aryl methyl sites for hydroxylation is 1. The number of hydrogen-bond acceptors (Lipinski definition) is 1. The molecule has 1 unspecified atom stereocenters. The molecule has 2 heteroatoms. The minimum atomic E-state index is 0.618. The standard InChI is InChI=1S/C17H26NP/c1-2-3-4-15-16(19-11-18-15)17-8-12-5-13(9-17)7-14(6-12)10-17/h11-14,19H,2-10H2,1H3. The molecule has 0 radical (unpaired) electrons. The van der Waals surface area contributed by atoms with Crippen LogP contribution in [-0.2, 0) is 11.8 Å². The second-order valence-corrected chi connectivity index (χ2v) is 8.57. The summed E-state index contributed by atoms with van der Waals surface area (Å²) in [5.41, 5.74) is 2.13. The summed E-state index contributed by atoms with van der Waals surface area (Å²) in [5, 5.41) is 1.82. The van der Waals surface area contributed by atoms with Crippen LogP contribution in [0.2, 0.25) is 0 Å². The summed E-state index contributed by atoms with van der Waals surface area (Å²) in [6.45, 7) is 2.30. The van der Waals surface area contributed by atoms with Crippen molar-refractivity contribution in [1.82, 2.24) is 4.98 Å². The lowest BCUT2D eigenvalue weighted by Gasteiger charge is -2.57. The Labute approximate surface area is 118 Å². The zero-order valence-electron chi connectivity index (χ0n) is 12.1. The van der Waals surface area contributed by atoms with Crippen molar-refractivity contribution < 1.29 is 0 Å². The Morgan fingerprint density at radius 3 is 2.37 bits per heavy atom. The van der Waals surface area contributed by atoms with Crippen molar-refractivity contribution in [3.05, 3.63) is 16.9 Å². The van der Waals surface area contributed by atoms with Crippen LogP contribution in [0, 0.1) is 17.8 Å². The van der Waals surface area contributed by atoms with Gasteiger partial charge in [0.15, 0.2) is 0 Å². The van der Waals surface area contributed by atoms with Crippen LogP contribution in [-0.4, -0.2) is 4.98 Å². The Bertz CT molecular complexity index is 426. The molecule has 1 aromatic rings. The Hall–Kier alpha value is -0.290. The van der Waals surface area contributed by atoms with E-state index in [1.54, 1.807) is 19.3 Å². The molecule has 0 spiro atoms. The summed E-state index contributed by atoms with van der Waals surface area (Å²) in [4.78, 5) is 4.78. The lowest BCUT2D eigenvalue weighted by molar-refractivity contribution is -0.00390. The molecule has 4 bridgehead atoms. The summed E-state index contributed by atoms with van der Waals surface area (Å²) in [5.74, 6) is 5.43. The molecule has 4 aliphatic carbocycles. The van der Waals surface area contributed by atoms with E-state index in [1.165, 1.54) is 44.2 Å². The summed E-state index contributed by atoms with van der Waals surface area (Å²) >= 11 is 0. The first-order valence-electron chi connectivity index (χ1n) is 8.32. The van der Waals surface area contributed by atoms with Gasteiger partial charge in [-0.15, -0.1) is 8.19 Å². The number of hydrogen-bond donors (Lipinski definition) is 0. The third-order valence-corrected chi connectivity index (χ3v) is 7.42. The quantitative estimate of drug-likeness (QED) is 0.759. The zero-order chi connectivity index (χ0) is 12.9. The van der Waals surface area contributed by atoms with Gasteiger partial charge in [-0.1, -0.05) is 13.3 Å². The average molecular weight is 275 g/mol. The third-order valence-electron chi connectivity index (χ3n) is 6.05. The van der Waals surface area contributed by atoms with Crippen molar-refractivity contribution in [1.29, 1.82) is 0 Å².